The van der Waals surface area contributed by atoms with Gasteiger partial charge < -0.3 is 4.74 Å². The van der Waals surface area contributed by atoms with E-state index < -0.39 is 18.2 Å². The van der Waals surface area contributed by atoms with Gasteiger partial charge in [0, 0.05) is 0 Å². The molecule has 0 amide bonds. The van der Waals surface area contributed by atoms with Crippen LogP contribution >= 0.6 is 0 Å². The summed E-state index contributed by atoms with van der Waals surface area (Å²) in [6, 6.07) is 4.94. The minimum atomic E-state index is -4.53. The van der Waals surface area contributed by atoms with Gasteiger partial charge in [-0.15, -0.1) is 0 Å². The average molecular weight is 316 g/mol. The van der Waals surface area contributed by atoms with E-state index in [1.54, 1.807) is 26.0 Å². The maximum absolute atomic E-state index is 13.0. The number of aryl methyl sites for hydroxylation is 1. The number of benzene rings is 1. The van der Waals surface area contributed by atoms with E-state index in [4.69, 9.17) is 4.74 Å². The second kappa shape index (κ2) is 8.20. The lowest BCUT2D eigenvalue weighted by Crippen LogP contribution is -2.34. The summed E-state index contributed by atoms with van der Waals surface area (Å²) in [5.41, 5.74) is 1.70. The molecule has 0 aliphatic rings. The first-order valence-electron chi connectivity index (χ1n) is 7.61. The van der Waals surface area contributed by atoms with Gasteiger partial charge in [0.1, 0.15) is 0 Å². The normalized spacial score (nSPS) is 13.0. The Morgan fingerprint density at radius 3 is 2.45 bits per heavy atom. The summed E-state index contributed by atoms with van der Waals surface area (Å²) < 4.78 is 43.8. The Kier molecular flexibility index (Phi) is 6.91. The van der Waals surface area contributed by atoms with Crippen LogP contribution in [0, 0.1) is 13.8 Å². The monoisotopic (exact) mass is 316 g/mol. The van der Waals surface area contributed by atoms with Gasteiger partial charge in [0.15, 0.2) is 6.10 Å². The molecule has 0 N–H and O–H groups in total. The van der Waals surface area contributed by atoms with Crippen LogP contribution in [-0.2, 0) is 4.74 Å². The van der Waals surface area contributed by atoms with E-state index in [0.717, 1.165) is 18.4 Å². The first-order valence-corrected chi connectivity index (χ1v) is 7.61. The number of alkyl halides is 3. The van der Waals surface area contributed by atoms with Crippen LogP contribution in [0.25, 0.3) is 0 Å². The summed E-state index contributed by atoms with van der Waals surface area (Å²) in [6.07, 6.45) is -3.80. The third kappa shape index (κ3) is 5.35. The Hall–Kier alpha value is -1.52. The van der Waals surface area contributed by atoms with Crippen LogP contribution in [0.3, 0.4) is 0 Å². The SMILES string of the molecule is CCCCCC[C@@H](OC(=O)c1cccc(C)c1C)C(F)(F)F. The largest absolute Gasteiger partial charge is 0.449 e. The molecule has 0 aromatic heterocycles. The number of ether oxygens (including phenoxy) is 1. The molecule has 0 saturated carbocycles. The van der Waals surface area contributed by atoms with Crippen molar-refractivity contribution in [3.63, 3.8) is 0 Å². The van der Waals surface area contributed by atoms with E-state index in [0.29, 0.717) is 18.4 Å². The van der Waals surface area contributed by atoms with Gasteiger partial charge >= 0.3 is 12.1 Å². The predicted octanol–water partition coefficient (Wildman–Crippen LogP) is 5.36. The number of carbonyl (C=O) groups is 1. The van der Waals surface area contributed by atoms with Crippen molar-refractivity contribution in [2.75, 3.05) is 0 Å². The summed E-state index contributed by atoms with van der Waals surface area (Å²) in [6.45, 7) is 5.50. The average Bonchev–Trinajstić information content (AvgIpc) is 2.43. The quantitative estimate of drug-likeness (QED) is 0.500. The summed E-state index contributed by atoms with van der Waals surface area (Å²) in [5, 5.41) is 0. The first-order chi connectivity index (χ1) is 10.3. The van der Waals surface area contributed by atoms with Gasteiger partial charge in [-0.2, -0.15) is 13.2 Å². The zero-order chi connectivity index (χ0) is 16.8. The second-order valence-corrected chi connectivity index (χ2v) is 5.53. The highest BCUT2D eigenvalue weighted by atomic mass is 19.4. The summed E-state index contributed by atoms with van der Waals surface area (Å²) in [5.74, 6) is -0.904. The Labute approximate surface area is 129 Å². The highest BCUT2D eigenvalue weighted by molar-refractivity contribution is 5.91. The van der Waals surface area contributed by atoms with E-state index in [-0.39, 0.29) is 12.0 Å². The lowest BCUT2D eigenvalue weighted by atomic mass is 10.0. The van der Waals surface area contributed by atoms with Crippen LogP contribution in [0.15, 0.2) is 18.2 Å². The molecule has 0 spiro atoms. The van der Waals surface area contributed by atoms with Crippen LogP contribution in [0.1, 0.15) is 60.5 Å². The van der Waals surface area contributed by atoms with Crippen molar-refractivity contribution in [2.45, 2.75) is 65.2 Å². The standard InChI is InChI=1S/C17H23F3O2/c1-4-5-6-7-11-15(17(18,19)20)22-16(21)14-10-8-9-12(2)13(14)3/h8-10,15H,4-7,11H2,1-3H3/t15-/m1/s1. The van der Waals surface area contributed by atoms with E-state index in [1.165, 1.54) is 6.07 Å². The van der Waals surface area contributed by atoms with Gasteiger partial charge in [0.25, 0.3) is 0 Å². The molecule has 22 heavy (non-hydrogen) atoms. The van der Waals surface area contributed by atoms with Crippen molar-refractivity contribution < 1.29 is 22.7 Å². The number of hydrogen-bond acceptors (Lipinski definition) is 2. The van der Waals surface area contributed by atoms with Crippen molar-refractivity contribution in [3.8, 4) is 0 Å². The second-order valence-electron chi connectivity index (χ2n) is 5.53. The molecule has 1 aromatic rings. The lowest BCUT2D eigenvalue weighted by Gasteiger charge is -2.21. The molecule has 0 aliphatic carbocycles. The summed E-state index contributed by atoms with van der Waals surface area (Å²) >= 11 is 0. The molecule has 1 rings (SSSR count). The van der Waals surface area contributed by atoms with Gasteiger partial charge in [0.05, 0.1) is 5.56 Å². The molecular formula is C17H23F3O2. The van der Waals surface area contributed by atoms with Gasteiger partial charge in [-0.05, 0) is 43.9 Å². The molecular weight excluding hydrogens is 293 g/mol. The molecule has 0 saturated heterocycles. The molecule has 5 heteroatoms. The van der Waals surface area contributed by atoms with Crippen LogP contribution in [-0.4, -0.2) is 18.2 Å². The topological polar surface area (TPSA) is 26.3 Å². The van der Waals surface area contributed by atoms with Gasteiger partial charge in [0.2, 0.25) is 0 Å². The van der Waals surface area contributed by atoms with Gasteiger partial charge in [-0.1, -0.05) is 38.3 Å². The molecule has 1 aromatic carbocycles. The van der Waals surface area contributed by atoms with Crippen LogP contribution < -0.4 is 0 Å². The van der Waals surface area contributed by atoms with Crippen molar-refractivity contribution in [1.29, 1.82) is 0 Å². The van der Waals surface area contributed by atoms with Crippen LogP contribution in [0.2, 0.25) is 0 Å². The van der Waals surface area contributed by atoms with E-state index in [9.17, 15) is 18.0 Å². The Morgan fingerprint density at radius 2 is 1.86 bits per heavy atom. The fraction of sp³-hybridized carbons (Fsp3) is 0.588. The third-order valence-electron chi connectivity index (χ3n) is 3.76. The molecule has 124 valence electrons. The number of halogens is 3. The Bertz CT molecular complexity index is 495. The van der Waals surface area contributed by atoms with Crippen molar-refractivity contribution in [3.05, 3.63) is 34.9 Å². The minimum Gasteiger partial charge on any atom is -0.449 e. The molecule has 0 bridgehead atoms. The van der Waals surface area contributed by atoms with E-state index in [2.05, 4.69) is 0 Å². The number of esters is 1. The molecule has 0 radical (unpaired) electrons. The number of unbranched alkanes of at least 4 members (excludes halogenated alkanes) is 3. The molecule has 2 nitrogen and oxygen atoms in total. The molecule has 0 fully saturated rings. The Morgan fingerprint density at radius 1 is 1.18 bits per heavy atom. The van der Waals surface area contributed by atoms with E-state index in [1.807, 2.05) is 6.92 Å². The number of rotatable bonds is 7. The zero-order valence-electron chi connectivity index (χ0n) is 13.3. The molecule has 1 atom stereocenters. The molecule has 0 heterocycles. The summed E-state index contributed by atoms with van der Waals surface area (Å²) in [7, 11) is 0. The van der Waals surface area contributed by atoms with Gasteiger partial charge in [-0.3, -0.25) is 0 Å². The van der Waals surface area contributed by atoms with E-state index >= 15 is 0 Å². The van der Waals surface area contributed by atoms with Crippen molar-refractivity contribution in [2.24, 2.45) is 0 Å². The third-order valence-corrected chi connectivity index (χ3v) is 3.76. The fourth-order valence-electron chi connectivity index (χ4n) is 2.21. The summed E-state index contributed by atoms with van der Waals surface area (Å²) in [4.78, 5) is 12.0. The fourth-order valence-corrected chi connectivity index (χ4v) is 2.21. The van der Waals surface area contributed by atoms with Crippen molar-refractivity contribution >= 4 is 5.97 Å². The first kappa shape index (κ1) is 18.5. The van der Waals surface area contributed by atoms with Crippen molar-refractivity contribution in [1.82, 2.24) is 0 Å². The highest BCUT2D eigenvalue weighted by Crippen LogP contribution is 2.28. The predicted molar refractivity (Wildman–Crippen MR) is 79.9 cm³/mol. The maximum atomic E-state index is 13.0. The van der Waals surface area contributed by atoms with Crippen LogP contribution in [0.5, 0.6) is 0 Å². The zero-order valence-corrected chi connectivity index (χ0v) is 13.3. The number of carbonyl (C=O) groups excluding carboxylic acids is 1. The minimum absolute atomic E-state index is 0.180. The van der Waals surface area contributed by atoms with Gasteiger partial charge in [-0.25, -0.2) is 4.79 Å². The smallest absolute Gasteiger partial charge is 0.425 e. The Balaban J connectivity index is 2.76. The van der Waals surface area contributed by atoms with Crippen LogP contribution in [0.4, 0.5) is 13.2 Å². The molecule has 0 unspecified atom stereocenters. The lowest BCUT2D eigenvalue weighted by molar-refractivity contribution is -0.206. The number of hydrogen-bond donors (Lipinski definition) is 0. The highest BCUT2D eigenvalue weighted by Gasteiger charge is 2.42. The molecule has 0 aliphatic heterocycles. The maximum Gasteiger partial charge on any atom is 0.425 e.